The van der Waals surface area contributed by atoms with Crippen molar-refractivity contribution in [1.29, 1.82) is 0 Å². The van der Waals surface area contributed by atoms with Crippen LogP contribution in [-0.2, 0) is 20.7 Å². The lowest BCUT2D eigenvalue weighted by atomic mass is 9.80. The van der Waals surface area contributed by atoms with Crippen molar-refractivity contribution in [1.82, 2.24) is 14.6 Å². The molecule has 1 atom stereocenters. The van der Waals surface area contributed by atoms with Crippen molar-refractivity contribution >= 4 is 39.0 Å². The highest BCUT2D eigenvalue weighted by molar-refractivity contribution is 7.89. The minimum Gasteiger partial charge on any atom is -0.354 e. The largest absolute Gasteiger partial charge is 0.354 e. The zero-order valence-electron chi connectivity index (χ0n) is 24.1. The number of piperazine rings is 1. The Bertz CT molecular complexity index is 1380. The Kier molecular flexibility index (Phi) is 9.89. The second-order valence-electron chi connectivity index (χ2n) is 11.7. The van der Waals surface area contributed by atoms with E-state index < -0.39 is 21.9 Å². The number of nitrogens with one attached hydrogen (secondary N) is 1. The molecule has 5 rings (SSSR count). The lowest BCUT2D eigenvalue weighted by Gasteiger charge is -2.36. The van der Waals surface area contributed by atoms with Gasteiger partial charge in [0.2, 0.25) is 15.9 Å². The summed E-state index contributed by atoms with van der Waals surface area (Å²) in [5, 5.41) is 3.39. The Hall–Kier alpha value is -2.42. The minimum atomic E-state index is -3.80. The molecular formula is C29H40ClF2N7O3S. The molecule has 0 radical (unpaired) electrons. The van der Waals surface area contributed by atoms with E-state index in [1.807, 2.05) is 0 Å². The number of hydrogen-bond donors (Lipinski definition) is 3. The molecule has 14 heteroatoms. The molecule has 2 saturated heterocycles. The summed E-state index contributed by atoms with van der Waals surface area (Å²) < 4.78 is 59.5. The van der Waals surface area contributed by atoms with E-state index in [2.05, 4.69) is 10.3 Å². The number of pyridine rings is 1. The van der Waals surface area contributed by atoms with Gasteiger partial charge in [-0.3, -0.25) is 4.79 Å². The predicted molar refractivity (Wildman–Crippen MR) is 163 cm³/mol. The van der Waals surface area contributed by atoms with Gasteiger partial charge in [-0.25, -0.2) is 22.2 Å². The third-order valence-electron chi connectivity index (χ3n) is 8.72. The number of hydrogen-bond acceptors (Lipinski definition) is 8. The number of benzene rings is 1. The van der Waals surface area contributed by atoms with Gasteiger partial charge < -0.3 is 26.6 Å². The zero-order valence-corrected chi connectivity index (χ0v) is 25.7. The summed E-state index contributed by atoms with van der Waals surface area (Å²) in [4.78, 5) is 19.9. The first-order valence-corrected chi connectivity index (χ1v) is 16.7. The van der Waals surface area contributed by atoms with E-state index in [-0.39, 0.29) is 66.2 Å². The van der Waals surface area contributed by atoms with Crippen LogP contribution in [0.3, 0.4) is 0 Å². The molecule has 0 bridgehead atoms. The second-order valence-corrected chi connectivity index (χ2v) is 14.0. The van der Waals surface area contributed by atoms with Gasteiger partial charge >= 0.3 is 0 Å². The van der Waals surface area contributed by atoms with Crippen LogP contribution in [-0.4, -0.2) is 81.5 Å². The number of carbonyl (C=O) groups excluding carboxylic acids is 1. The van der Waals surface area contributed by atoms with Crippen LogP contribution in [0.1, 0.15) is 44.1 Å². The van der Waals surface area contributed by atoms with E-state index in [0.717, 1.165) is 13.0 Å². The maximum Gasteiger partial charge on any atom is 0.276 e. The number of carbonyl (C=O) groups is 1. The first-order chi connectivity index (χ1) is 20.5. The summed E-state index contributed by atoms with van der Waals surface area (Å²) in [5.41, 5.74) is 11.9. The molecule has 1 aromatic carbocycles. The summed E-state index contributed by atoms with van der Waals surface area (Å²) in [6.07, 6.45) is 3.30. The van der Waals surface area contributed by atoms with Gasteiger partial charge in [-0.1, -0.05) is 11.6 Å². The smallest absolute Gasteiger partial charge is 0.276 e. The van der Waals surface area contributed by atoms with Crippen LogP contribution in [0.4, 0.5) is 20.3 Å². The second kappa shape index (κ2) is 13.3. The average Bonchev–Trinajstić information content (AvgIpc) is 3.34. The molecule has 1 saturated carbocycles. The van der Waals surface area contributed by atoms with Crippen LogP contribution in [0.2, 0.25) is 5.15 Å². The van der Waals surface area contributed by atoms with Crippen molar-refractivity contribution < 1.29 is 22.0 Å². The summed E-state index contributed by atoms with van der Waals surface area (Å²) in [5.74, 6) is -3.63. The van der Waals surface area contributed by atoms with Gasteiger partial charge in [0.25, 0.3) is 5.92 Å². The van der Waals surface area contributed by atoms with Gasteiger partial charge in [0, 0.05) is 68.4 Å². The molecule has 1 amide bonds. The number of rotatable bonds is 10. The summed E-state index contributed by atoms with van der Waals surface area (Å²) >= 11 is 6.24. The van der Waals surface area contributed by atoms with Crippen molar-refractivity contribution in [2.75, 3.05) is 55.6 Å². The fraction of sp³-hybridized carbons (Fsp3) is 0.586. The lowest BCUT2D eigenvalue weighted by Crippen LogP contribution is -2.49. The summed E-state index contributed by atoms with van der Waals surface area (Å²) in [7, 11) is -3.80. The van der Waals surface area contributed by atoms with E-state index in [1.54, 1.807) is 21.9 Å². The van der Waals surface area contributed by atoms with Gasteiger partial charge in [-0.05, 0) is 81.6 Å². The molecule has 5 N–H and O–H groups in total. The Labute approximate surface area is 256 Å². The fourth-order valence-electron chi connectivity index (χ4n) is 6.23. The number of nitrogens with two attached hydrogens (primary N) is 2. The Balaban J connectivity index is 1.21. The number of anilines is 2. The minimum absolute atomic E-state index is 0.0168. The highest BCUT2D eigenvalue weighted by Crippen LogP contribution is 2.45. The predicted octanol–water partition coefficient (Wildman–Crippen LogP) is 2.90. The molecule has 10 nitrogen and oxygen atoms in total. The average molecular weight is 640 g/mol. The van der Waals surface area contributed by atoms with Crippen LogP contribution in [0.25, 0.3) is 0 Å². The molecule has 2 aromatic rings. The molecule has 3 heterocycles. The Morgan fingerprint density at radius 3 is 2.33 bits per heavy atom. The van der Waals surface area contributed by atoms with Gasteiger partial charge in [-0.2, -0.15) is 4.31 Å². The Morgan fingerprint density at radius 2 is 1.72 bits per heavy atom. The third kappa shape index (κ3) is 7.12. The number of nitrogens with zero attached hydrogens (tertiary/aromatic N) is 4. The van der Waals surface area contributed by atoms with Crippen molar-refractivity contribution in [3.05, 3.63) is 47.1 Å². The molecule has 3 aliphatic rings. The Morgan fingerprint density at radius 1 is 1.05 bits per heavy atom. The maximum absolute atomic E-state index is 15.7. The van der Waals surface area contributed by atoms with E-state index in [9.17, 15) is 13.2 Å². The standard InChI is InChI=1S/C29H40ClF2N7O3S/c30-26-16-21(29(31,32)20-2-4-23(5-3-20)35-11-1-10-33)17-27(36-26)37-12-14-38(15-13-37)43(41,42)25-8-6-24(7-9-25)39-19-22(34)18-28(39)40/h6-9,16-17,20,22-23,35H,1-5,10-15,18-19,33-34H2/t20?,22-,23?/m1/s1. The molecule has 1 aliphatic carbocycles. The molecule has 2 aliphatic heterocycles. The zero-order chi connectivity index (χ0) is 30.8. The first-order valence-electron chi connectivity index (χ1n) is 14.9. The van der Waals surface area contributed by atoms with Crippen molar-refractivity contribution in [2.24, 2.45) is 17.4 Å². The summed E-state index contributed by atoms with van der Waals surface area (Å²) in [6, 6.07) is 8.83. The normalized spacial score (nSPS) is 24.1. The number of amides is 1. The van der Waals surface area contributed by atoms with E-state index in [0.29, 0.717) is 50.3 Å². The van der Waals surface area contributed by atoms with Gasteiger partial charge in [0.1, 0.15) is 11.0 Å². The number of aromatic nitrogens is 1. The first kappa shape index (κ1) is 32.0. The monoisotopic (exact) mass is 639 g/mol. The fourth-order valence-corrected chi connectivity index (χ4v) is 7.86. The number of alkyl halides is 2. The molecule has 1 aromatic heterocycles. The molecule has 236 valence electrons. The van der Waals surface area contributed by atoms with Gasteiger partial charge in [0.05, 0.1) is 4.90 Å². The number of sulfonamides is 1. The van der Waals surface area contributed by atoms with Crippen LogP contribution < -0.4 is 26.6 Å². The van der Waals surface area contributed by atoms with Crippen molar-refractivity contribution in [2.45, 2.75) is 61.4 Å². The van der Waals surface area contributed by atoms with Crippen LogP contribution in [0, 0.1) is 5.92 Å². The third-order valence-corrected chi connectivity index (χ3v) is 10.8. The molecule has 0 spiro atoms. The highest BCUT2D eigenvalue weighted by atomic mass is 35.5. The van der Waals surface area contributed by atoms with Crippen LogP contribution in [0.5, 0.6) is 0 Å². The van der Waals surface area contributed by atoms with Crippen molar-refractivity contribution in [3.8, 4) is 0 Å². The van der Waals surface area contributed by atoms with E-state index in [4.69, 9.17) is 23.1 Å². The maximum atomic E-state index is 15.7. The highest BCUT2D eigenvalue weighted by Gasteiger charge is 2.43. The van der Waals surface area contributed by atoms with Crippen LogP contribution >= 0.6 is 11.6 Å². The molecule has 0 unspecified atom stereocenters. The SMILES string of the molecule is NCCCNC1CCC(C(F)(F)c2cc(Cl)nc(N3CCN(S(=O)(=O)c4ccc(N5C[C@H](N)CC5=O)cc4)CC3)c2)CC1. The van der Waals surface area contributed by atoms with Crippen molar-refractivity contribution in [3.63, 3.8) is 0 Å². The van der Waals surface area contributed by atoms with E-state index in [1.165, 1.54) is 28.6 Å². The van der Waals surface area contributed by atoms with Gasteiger partial charge in [0.15, 0.2) is 0 Å². The summed E-state index contributed by atoms with van der Waals surface area (Å²) in [6.45, 7) is 2.65. The van der Waals surface area contributed by atoms with Gasteiger partial charge in [-0.15, -0.1) is 0 Å². The lowest BCUT2D eigenvalue weighted by molar-refractivity contribution is -0.117. The quantitative estimate of drug-likeness (QED) is 0.267. The number of halogens is 3. The molecule has 3 fully saturated rings. The van der Waals surface area contributed by atoms with E-state index >= 15 is 8.78 Å². The molecular weight excluding hydrogens is 600 g/mol. The van der Waals surface area contributed by atoms with Crippen LogP contribution in [0.15, 0.2) is 41.3 Å². The topological polar surface area (TPSA) is 138 Å². The molecule has 43 heavy (non-hydrogen) atoms.